The molecule has 0 aliphatic carbocycles. The van der Waals surface area contributed by atoms with Gasteiger partial charge in [-0.3, -0.25) is 0 Å². The number of nitrogens with zero attached hydrogens (tertiary/aromatic N) is 2. The summed E-state index contributed by atoms with van der Waals surface area (Å²) in [6.45, 7) is 5.90. The Morgan fingerprint density at radius 2 is 2.11 bits per heavy atom. The minimum atomic E-state index is 0.251. The van der Waals surface area contributed by atoms with E-state index in [-0.39, 0.29) is 5.92 Å². The number of hydrogen-bond acceptors (Lipinski definition) is 5. The van der Waals surface area contributed by atoms with Crippen LogP contribution in [0, 0.1) is 0 Å². The van der Waals surface area contributed by atoms with E-state index < -0.39 is 0 Å². The van der Waals surface area contributed by atoms with Gasteiger partial charge in [0.25, 0.3) is 0 Å². The van der Waals surface area contributed by atoms with Crippen LogP contribution in [0.3, 0.4) is 0 Å². The van der Waals surface area contributed by atoms with Crippen LogP contribution in [-0.2, 0) is 4.74 Å². The van der Waals surface area contributed by atoms with Crippen molar-refractivity contribution in [2.45, 2.75) is 51.0 Å². The first kappa shape index (κ1) is 13.5. The van der Waals surface area contributed by atoms with E-state index in [0.717, 1.165) is 44.2 Å². The van der Waals surface area contributed by atoms with Gasteiger partial charge in [-0.05, 0) is 26.3 Å². The summed E-state index contributed by atoms with van der Waals surface area (Å²) in [4.78, 5) is 4.58. The number of nitrogens with one attached hydrogen (secondary N) is 1. The molecule has 2 heterocycles. The van der Waals surface area contributed by atoms with E-state index >= 15 is 0 Å². The fourth-order valence-electron chi connectivity index (χ4n) is 2.53. The third kappa shape index (κ3) is 2.90. The molecule has 2 unspecified atom stereocenters. The van der Waals surface area contributed by atoms with E-state index in [1.54, 1.807) is 0 Å². The van der Waals surface area contributed by atoms with Crippen LogP contribution in [0.25, 0.3) is 0 Å². The van der Waals surface area contributed by atoms with Gasteiger partial charge < -0.3 is 14.6 Å². The maximum Gasteiger partial charge on any atom is 0.231 e. The summed E-state index contributed by atoms with van der Waals surface area (Å²) in [5.41, 5.74) is 0. The lowest BCUT2D eigenvalue weighted by Gasteiger charge is -2.19. The second kappa shape index (κ2) is 6.29. The predicted octanol–water partition coefficient (Wildman–Crippen LogP) is 2.07. The number of aromatic nitrogens is 2. The molecule has 0 spiro atoms. The highest BCUT2D eigenvalue weighted by molar-refractivity contribution is 5.01. The first-order valence-electron chi connectivity index (χ1n) is 6.84. The zero-order chi connectivity index (χ0) is 13.0. The molecule has 0 bridgehead atoms. The molecule has 2 atom stereocenters. The maximum atomic E-state index is 5.42. The second-order valence-corrected chi connectivity index (χ2v) is 4.97. The van der Waals surface area contributed by atoms with Crippen molar-refractivity contribution in [1.29, 1.82) is 0 Å². The van der Waals surface area contributed by atoms with Crippen LogP contribution in [0.4, 0.5) is 0 Å². The van der Waals surface area contributed by atoms with E-state index in [1.807, 2.05) is 7.05 Å². The number of likely N-dealkylation sites (N-methyl/N-ethyl adjacent to an activating group) is 1. The van der Waals surface area contributed by atoms with Gasteiger partial charge in [0.2, 0.25) is 5.89 Å². The van der Waals surface area contributed by atoms with E-state index in [4.69, 9.17) is 9.26 Å². The molecule has 0 saturated carbocycles. The fraction of sp³-hybridized carbons (Fsp3) is 0.846. The molecule has 1 N–H and O–H groups in total. The SMILES string of the molecule is CCC(NC)C(C)c1nc(C2CCOCC2)no1. The van der Waals surface area contributed by atoms with Crippen LogP contribution in [0.5, 0.6) is 0 Å². The highest BCUT2D eigenvalue weighted by atomic mass is 16.5. The molecule has 1 saturated heterocycles. The van der Waals surface area contributed by atoms with E-state index in [0.29, 0.717) is 12.0 Å². The fourth-order valence-corrected chi connectivity index (χ4v) is 2.53. The van der Waals surface area contributed by atoms with Crippen LogP contribution < -0.4 is 5.32 Å². The molecule has 0 aromatic carbocycles. The predicted molar refractivity (Wildman–Crippen MR) is 68.6 cm³/mol. The molecule has 1 aliphatic rings. The zero-order valence-corrected chi connectivity index (χ0v) is 11.5. The minimum absolute atomic E-state index is 0.251. The summed E-state index contributed by atoms with van der Waals surface area (Å²) < 4.78 is 10.8. The summed E-state index contributed by atoms with van der Waals surface area (Å²) in [6, 6.07) is 0.382. The Morgan fingerprint density at radius 1 is 1.39 bits per heavy atom. The van der Waals surface area contributed by atoms with Crippen molar-refractivity contribution in [3.05, 3.63) is 11.7 Å². The Balaban J connectivity index is 2.04. The second-order valence-electron chi connectivity index (χ2n) is 4.97. The Labute approximate surface area is 108 Å². The van der Waals surface area contributed by atoms with Crippen LogP contribution in [0.15, 0.2) is 4.52 Å². The molecule has 5 heteroatoms. The summed E-state index contributed by atoms with van der Waals surface area (Å²) >= 11 is 0. The van der Waals surface area contributed by atoms with Crippen LogP contribution >= 0.6 is 0 Å². The average molecular weight is 253 g/mol. The zero-order valence-electron chi connectivity index (χ0n) is 11.5. The quantitative estimate of drug-likeness (QED) is 0.870. The van der Waals surface area contributed by atoms with Gasteiger partial charge in [-0.1, -0.05) is 19.0 Å². The first-order valence-corrected chi connectivity index (χ1v) is 6.84. The standard InChI is InChI=1S/C13H23N3O2/c1-4-11(14-3)9(2)13-15-12(16-18-13)10-5-7-17-8-6-10/h9-11,14H,4-8H2,1-3H3. The van der Waals surface area contributed by atoms with Gasteiger partial charge in [0.15, 0.2) is 5.82 Å². The van der Waals surface area contributed by atoms with Crippen LogP contribution in [-0.4, -0.2) is 36.4 Å². The van der Waals surface area contributed by atoms with Crippen molar-refractivity contribution < 1.29 is 9.26 Å². The summed E-state index contributed by atoms with van der Waals surface area (Å²) in [5, 5.41) is 7.43. The lowest BCUT2D eigenvalue weighted by molar-refractivity contribution is 0.0830. The summed E-state index contributed by atoms with van der Waals surface area (Å²) in [6.07, 6.45) is 3.04. The third-order valence-corrected chi connectivity index (χ3v) is 3.85. The van der Waals surface area contributed by atoms with Gasteiger partial charge in [-0.15, -0.1) is 0 Å². The smallest absolute Gasteiger partial charge is 0.231 e. The summed E-state index contributed by atoms with van der Waals surface area (Å²) in [7, 11) is 1.97. The highest BCUT2D eigenvalue weighted by Crippen LogP contribution is 2.27. The minimum Gasteiger partial charge on any atom is -0.381 e. The van der Waals surface area contributed by atoms with Crippen molar-refractivity contribution in [3.63, 3.8) is 0 Å². The van der Waals surface area contributed by atoms with E-state index in [2.05, 4.69) is 29.3 Å². The van der Waals surface area contributed by atoms with Crippen molar-refractivity contribution >= 4 is 0 Å². The van der Waals surface area contributed by atoms with Crippen molar-refractivity contribution in [2.24, 2.45) is 0 Å². The Kier molecular flexibility index (Phi) is 4.72. The summed E-state index contributed by atoms with van der Waals surface area (Å²) in [5.74, 6) is 2.25. The Hall–Kier alpha value is -0.940. The molecule has 0 amide bonds. The molecule has 102 valence electrons. The van der Waals surface area contributed by atoms with Crippen LogP contribution in [0.1, 0.15) is 56.7 Å². The normalized spacial score (nSPS) is 20.8. The van der Waals surface area contributed by atoms with Gasteiger partial charge >= 0.3 is 0 Å². The van der Waals surface area contributed by atoms with Gasteiger partial charge in [-0.25, -0.2) is 0 Å². The maximum absolute atomic E-state index is 5.42. The lowest BCUT2D eigenvalue weighted by Crippen LogP contribution is -2.30. The third-order valence-electron chi connectivity index (χ3n) is 3.85. The molecule has 1 aliphatic heterocycles. The monoisotopic (exact) mass is 253 g/mol. The Bertz CT molecular complexity index is 357. The lowest BCUT2D eigenvalue weighted by atomic mass is 9.98. The first-order chi connectivity index (χ1) is 8.76. The molecule has 5 nitrogen and oxygen atoms in total. The van der Waals surface area contributed by atoms with E-state index in [1.165, 1.54) is 0 Å². The molecule has 1 aromatic rings. The molecular formula is C13H23N3O2. The van der Waals surface area contributed by atoms with Crippen molar-refractivity contribution in [1.82, 2.24) is 15.5 Å². The highest BCUT2D eigenvalue weighted by Gasteiger charge is 2.25. The van der Waals surface area contributed by atoms with E-state index in [9.17, 15) is 0 Å². The molecule has 1 fully saturated rings. The van der Waals surface area contributed by atoms with Crippen LogP contribution in [0.2, 0.25) is 0 Å². The Morgan fingerprint density at radius 3 is 2.72 bits per heavy atom. The molecule has 2 rings (SSSR count). The number of hydrogen-bond donors (Lipinski definition) is 1. The van der Waals surface area contributed by atoms with Gasteiger partial charge in [0.1, 0.15) is 0 Å². The average Bonchev–Trinajstić information content (AvgIpc) is 2.90. The number of rotatable bonds is 5. The molecule has 0 radical (unpaired) electrons. The van der Waals surface area contributed by atoms with Gasteiger partial charge in [0.05, 0.1) is 5.92 Å². The molecule has 1 aromatic heterocycles. The molecular weight excluding hydrogens is 230 g/mol. The topological polar surface area (TPSA) is 60.2 Å². The largest absolute Gasteiger partial charge is 0.381 e. The van der Waals surface area contributed by atoms with Gasteiger partial charge in [0, 0.05) is 25.2 Å². The van der Waals surface area contributed by atoms with Crippen molar-refractivity contribution in [2.75, 3.05) is 20.3 Å². The van der Waals surface area contributed by atoms with Gasteiger partial charge in [-0.2, -0.15) is 4.98 Å². The molecule has 18 heavy (non-hydrogen) atoms. The number of ether oxygens (including phenoxy) is 1. The van der Waals surface area contributed by atoms with Crippen molar-refractivity contribution in [3.8, 4) is 0 Å².